The highest BCUT2D eigenvalue weighted by molar-refractivity contribution is 5.43. The first kappa shape index (κ1) is 12.9. The van der Waals surface area contributed by atoms with Gasteiger partial charge in [-0.15, -0.1) is 0 Å². The van der Waals surface area contributed by atoms with Crippen LogP contribution in [-0.2, 0) is 0 Å². The monoisotopic (exact) mass is 260 g/mol. The molecule has 1 aromatic heterocycles. The first-order valence-corrected chi connectivity index (χ1v) is 7.51. The third kappa shape index (κ3) is 3.24. The molecule has 2 heterocycles. The third-order valence-corrected chi connectivity index (χ3v) is 4.13. The standard InChI is InChI=1S/C15H24N4/c1-11-8-17-12(2)15(18-11)19(9-13-5-6-13)10-14-4-3-7-16-14/h8,13-14,16H,3-7,9-10H2,1-2H3. The van der Waals surface area contributed by atoms with Crippen molar-refractivity contribution in [3.63, 3.8) is 0 Å². The van der Waals surface area contributed by atoms with E-state index < -0.39 is 0 Å². The molecule has 1 N–H and O–H groups in total. The molecule has 1 saturated heterocycles. The van der Waals surface area contributed by atoms with Gasteiger partial charge in [0.05, 0.1) is 11.4 Å². The highest BCUT2D eigenvalue weighted by Crippen LogP contribution is 2.32. The third-order valence-electron chi connectivity index (χ3n) is 4.13. The van der Waals surface area contributed by atoms with Crippen LogP contribution in [-0.4, -0.2) is 35.6 Å². The van der Waals surface area contributed by atoms with Crippen molar-refractivity contribution in [1.82, 2.24) is 15.3 Å². The average Bonchev–Trinajstić information content (AvgIpc) is 3.06. The zero-order valence-corrected chi connectivity index (χ0v) is 12.0. The number of aryl methyl sites for hydroxylation is 2. The maximum Gasteiger partial charge on any atom is 0.150 e. The molecule has 0 amide bonds. The maximum atomic E-state index is 4.73. The predicted octanol–water partition coefficient (Wildman–Crippen LogP) is 2.06. The number of hydrogen-bond donors (Lipinski definition) is 1. The van der Waals surface area contributed by atoms with Crippen LogP contribution < -0.4 is 10.2 Å². The molecule has 4 heteroatoms. The van der Waals surface area contributed by atoms with Crippen molar-refractivity contribution in [1.29, 1.82) is 0 Å². The minimum atomic E-state index is 0.625. The van der Waals surface area contributed by atoms with E-state index in [1.54, 1.807) is 0 Å². The summed E-state index contributed by atoms with van der Waals surface area (Å²) >= 11 is 0. The number of nitrogens with one attached hydrogen (secondary N) is 1. The molecule has 0 bridgehead atoms. The summed E-state index contributed by atoms with van der Waals surface area (Å²) in [6.45, 7) is 7.50. The van der Waals surface area contributed by atoms with E-state index in [-0.39, 0.29) is 0 Å². The van der Waals surface area contributed by atoms with Gasteiger partial charge in [-0.2, -0.15) is 0 Å². The van der Waals surface area contributed by atoms with Crippen LogP contribution in [0.2, 0.25) is 0 Å². The van der Waals surface area contributed by atoms with E-state index in [1.807, 2.05) is 13.1 Å². The van der Waals surface area contributed by atoms with Crippen molar-refractivity contribution in [3.8, 4) is 0 Å². The zero-order chi connectivity index (χ0) is 13.2. The van der Waals surface area contributed by atoms with E-state index in [9.17, 15) is 0 Å². The predicted molar refractivity (Wildman–Crippen MR) is 77.5 cm³/mol. The topological polar surface area (TPSA) is 41.1 Å². The van der Waals surface area contributed by atoms with Gasteiger partial charge >= 0.3 is 0 Å². The van der Waals surface area contributed by atoms with Crippen molar-refractivity contribution >= 4 is 5.82 Å². The molecule has 0 aromatic carbocycles. The fourth-order valence-electron chi connectivity index (χ4n) is 2.86. The Hall–Kier alpha value is -1.16. The van der Waals surface area contributed by atoms with Gasteiger partial charge < -0.3 is 10.2 Å². The lowest BCUT2D eigenvalue weighted by molar-refractivity contribution is 0.565. The minimum absolute atomic E-state index is 0.625. The molecular weight excluding hydrogens is 236 g/mol. The first-order chi connectivity index (χ1) is 9.22. The average molecular weight is 260 g/mol. The molecule has 1 unspecified atom stereocenters. The van der Waals surface area contributed by atoms with Gasteiger partial charge in [0, 0.05) is 25.3 Å². The van der Waals surface area contributed by atoms with Gasteiger partial charge in [0.2, 0.25) is 0 Å². The van der Waals surface area contributed by atoms with Crippen LogP contribution in [0.15, 0.2) is 6.20 Å². The zero-order valence-electron chi connectivity index (χ0n) is 12.0. The fraction of sp³-hybridized carbons (Fsp3) is 0.733. The molecule has 1 saturated carbocycles. The Balaban J connectivity index is 1.77. The molecule has 4 nitrogen and oxygen atoms in total. The molecule has 2 fully saturated rings. The first-order valence-electron chi connectivity index (χ1n) is 7.51. The number of anilines is 1. The molecule has 1 aliphatic carbocycles. The largest absolute Gasteiger partial charge is 0.353 e. The lowest BCUT2D eigenvalue weighted by atomic mass is 10.2. The molecule has 1 aliphatic heterocycles. The summed E-state index contributed by atoms with van der Waals surface area (Å²) in [5.74, 6) is 1.98. The van der Waals surface area contributed by atoms with Crippen molar-refractivity contribution in [2.75, 3.05) is 24.5 Å². The highest BCUT2D eigenvalue weighted by atomic mass is 15.2. The van der Waals surface area contributed by atoms with Gasteiger partial charge in [-0.3, -0.25) is 4.98 Å². The van der Waals surface area contributed by atoms with E-state index in [0.717, 1.165) is 36.2 Å². The summed E-state index contributed by atoms with van der Waals surface area (Å²) in [5.41, 5.74) is 2.07. The number of nitrogens with zero attached hydrogens (tertiary/aromatic N) is 3. The smallest absolute Gasteiger partial charge is 0.150 e. The quantitative estimate of drug-likeness (QED) is 0.880. The summed E-state index contributed by atoms with van der Waals surface area (Å²) < 4.78 is 0. The Labute approximate surface area is 115 Å². The number of rotatable bonds is 5. The Morgan fingerprint density at radius 3 is 2.79 bits per heavy atom. The second-order valence-electron chi connectivity index (χ2n) is 6.06. The van der Waals surface area contributed by atoms with E-state index in [0.29, 0.717) is 6.04 Å². The van der Waals surface area contributed by atoms with Crippen LogP contribution in [0.5, 0.6) is 0 Å². The SMILES string of the molecule is Cc1cnc(C)c(N(CC2CC2)CC2CCCN2)n1. The van der Waals surface area contributed by atoms with E-state index >= 15 is 0 Å². The second kappa shape index (κ2) is 5.45. The molecule has 0 spiro atoms. The van der Waals surface area contributed by atoms with Crippen LogP contribution >= 0.6 is 0 Å². The van der Waals surface area contributed by atoms with Crippen molar-refractivity contribution in [2.24, 2.45) is 5.92 Å². The molecule has 3 rings (SSSR count). The Bertz CT molecular complexity index is 436. The van der Waals surface area contributed by atoms with Crippen molar-refractivity contribution in [3.05, 3.63) is 17.6 Å². The molecular formula is C15H24N4. The van der Waals surface area contributed by atoms with Gasteiger partial charge in [-0.1, -0.05) is 0 Å². The second-order valence-corrected chi connectivity index (χ2v) is 6.06. The molecule has 1 aromatic rings. The van der Waals surface area contributed by atoms with Crippen molar-refractivity contribution < 1.29 is 0 Å². The molecule has 1 atom stereocenters. The number of aromatic nitrogens is 2. The van der Waals surface area contributed by atoms with Crippen LogP contribution in [0, 0.1) is 19.8 Å². The Morgan fingerprint density at radius 2 is 2.11 bits per heavy atom. The normalized spacial score (nSPS) is 22.7. The molecule has 19 heavy (non-hydrogen) atoms. The minimum Gasteiger partial charge on any atom is -0.353 e. The molecule has 2 aliphatic rings. The van der Waals surface area contributed by atoms with E-state index in [1.165, 1.54) is 32.2 Å². The van der Waals surface area contributed by atoms with Crippen LogP contribution in [0.4, 0.5) is 5.82 Å². The van der Waals surface area contributed by atoms with Gasteiger partial charge in [0.25, 0.3) is 0 Å². The fourth-order valence-corrected chi connectivity index (χ4v) is 2.86. The van der Waals surface area contributed by atoms with Crippen LogP contribution in [0.1, 0.15) is 37.1 Å². The Kier molecular flexibility index (Phi) is 3.69. The highest BCUT2D eigenvalue weighted by Gasteiger charge is 2.28. The summed E-state index contributed by atoms with van der Waals surface area (Å²) in [6, 6.07) is 0.625. The summed E-state index contributed by atoms with van der Waals surface area (Å²) in [7, 11) is 0. The number of hydrogen-bond acceptors (Lipinski definition) is 4. The summed E-state index contributed by atoms with van der Waals surface area (Å²) in [4.78, 5) is 11.7. The van der Waals surface area contributed by atoms with Gasteiger partial charge in [0.15, 0.2) is 0 Å². The summed E-state index contributed by atoms with van der Waals surface area (Å²) in [6.07, 6.45) is 7.22. The lowest BCUT2D eigenvalue weighted by Crippen LogP contribution is -2.39. The van der Waals surface area contributed by atoms with E-state index in [2.05, 4.69) is 22.1 Å². The van der Waals surface area contributed by atoms with E-state index in [4.69, 9.17) is 4.98 Å². The van der Waals surface area contributed by atoms with Crippen LogP contribution in [0.25, 0.3) is 0 Å². The lowest BCUT2D eigenvalue weighted by Gasteiger charge is -2.28. The van der Waals surface area contributed by atoms with Gasteiger partial charge in [-0.05, 0) is 52.0 Å². The van der Waals surface area contributed by atoms with Crippen LogP contribution in [0.3, 0.4) is 0 Å². The molecule has 0 radical (unpaired) electrons. The van der Waals surface area contributed by atoms with Crippen molar-refractivity contribution in [2.45, 2.75) is 45.6 Å². The Morgan fingerprint density at radius 1 is 1.26 bits per heavy atom. The maximum absolute atomic E-state index is 4.73. The van der Waals surface area contributed by atoms with Gasteiger partial charge in [0.1, 0.15) is 5.82 Å². The summed E-state index contributed by atoms with van der Waals surface area (Å²) in [5, 5.41) is 3.59. The van der Waals surface area contributed by atoms with Gasteiger partial charge in [-0.25, -0.2) is 4.98 Å². The molecule has 104 valence electrons.